The molecule has 2 N–H and O–H groups in total. The highest BCUT2D eigenvalue weighted by Gasteiger charge is 2.34. The zero-order valence-corrected chi connectivity index (χ0v) is 12.5. The highest BCUT2D eigenvalue weighted by molar-refractivity contribution is 6.32. The van der Waals surface area contributed by atoms with E-state index >= 15 is 0 Å². The maximum absolute atomic E-state index is 12.1. The predicted molar refractivity (Wildman–Crippen MR) is 82.1 cm³/mol. The van der Waals surface area contributed by atoms with Gasteiger partial charge in [0.2, 0.25) is 5.91 Å². The van der Waals surface area contributed by atoms with Gasteiger partial charge in [0.1, 0.15) is 6.07 Å². The fraction of sp³-hybridized carbons (Fsp3) is 0.500. The molecule has 5 heteroatoms. The van der Waals surface area contributed by atoms with E-state index in [1.54, 1.807) is 18.2 Å². The van der Waals surface area contributed by atoms with Gasteiger partial charge in [0.05, 0.1) is 10.6 Å². The number of nitriles is 1. The Balaban J connectivity index is 1.57. The van der Waals surface area contributed by atoms with Crippen LogP contribution in [-0.2, 0) is 4.79 Å². The summed E-state index contributed by atoms with van der Waals surface area (Å²) >= 11 is 5.97. The molecule has 21 heavy (non-hydrogen) atoms. The van der Waals surface area contributed by atoms with Gasteiger partial charge in [0.25, 0.3) is 0 Å². The van der Waals surface area contributed by atoms with E-state index in [1.165, 1.54) is 12.8 Å². The first kappa shape index (κ1) is 14.4. The van der Waals surface area contributed by atoms with Crippen molar-refractivity contribution in [1.29, 1.82) is 5.26 Å². The molecular weight excluding hydrogens is 286 g/mol. The summed E-state index contributed by atoms with van der Waals surface area (Å²) in [5.41, 5.74) is 1.07. The predicted octanol–water partition coefficient (Wildman–Crippen LogP) is 3.07. The van der Waals surface area contributed by atoms with Gasteiger partial charge < -0.3 is 10.6 Å². The third-order valence-corrected chi connectivity index (χ3v) is 4.73. The lowest BCUT2D eigenvalue weighted by atomic mass is 9.89. The molecule has 2 heterocycles. The smallest absolute Gasteiger partial charge is 0.224 e. The van der Waals surface area contributed by atoms with Crippen molar-refractivity contribution < 1.29 is 4.79 Å². The summed E-state index contributed by atoms with van der Waals surface area (Å²) in [4.78, 5) is 12.1. The largest absolute Gasteiger partial charge is 0.326 e. The number of halogens is 1. The molecule has 2 aliphatic rings. The molecule has 4 nitrogen and oxygen atoms in total. The molecule has 0 aromatic heterocycles. The second-order valence-corrected chi connectivity index (χ2v) is 6.44. The van der Waals surface area contributed by atoms with Gasteiger partial charge in [-0.3, -0.25) is 4.79 Å². The Bertz CT molecular complexity index is 584. The second-order valence-electron chi connectivity index (χ2n) is 6.03. The van der Waals surface area contributed by atoms with Crippen molar-refractivity contribution in [3.8, 4) is 6.07 Å². The number of nitrogens with one attached hydrogen (secondary N) is 2. The Kier molecular flexibility index (Phi) is 4.14. The van der Waals surface area contributed by atoms with Gasteiger partial charge in [-0.25, -0.2) is 0 Å². The van der Waals surface area contributed by atoms with E-state index in [-0.39, 0.29) is 5.91 Å². The number of fused-ring (bicyclic) bond motifs is 2. The van der Waals surface area contributed by atoms with Gasteiger partial charge in [0, 0.05) is 24.2 Å². The first-order valence-electron chi connectivity index (χ1n) is 7.39. The minimum Gasteiger partial charge on any atom is -0.326 e. The van der Waals surface area contributed by atoms with E-state index in [0.717, 1.165) is 12.8 Å². The van der Waals surface area contributed by atoms with Crippen molar-refractivity contribution in [2.75, 3.05) is 5.32 Å². The zero-order chi connectivity index (χ0) is 14.8. The Hall–Kier alpha value is -1.57. The van der Waals surface area contributed by atoms with Crippen LogP contribution in [-0.4, -0.2) is 18.0 Å². The van der Waals surface area contributed by atoms with Gasteiger partial charge in [-0.05, 0) is 49.8 Å². The van der Waals surface area contributed by atoms with Crippen LogP contribution in [0.2, 0.25) is 5.02 Å². The van der Waals surface area contributed by atoms with E-state index in [2.05, 4.69) is 10.6 Å². The van der Waals surface area contributed by atoms with Crippen LogP contribution in [0.25, 0.3) is 0 Å². The van der Waals surface area contributed by atoms with Crippen LogP contribution in [0.5, 0.6) is 0 Å². The van der Waals surface area contributed by atoms with Gasteiger partial charge in [-0.2, -0.15) is 5.26 Å². The van der Waals surface area contributed by atoms with Crippen LogP contribution in [0.4, 0.5) is 5.69 Å². The number of carbonyl (C=O) groups excluding carboxylic acids is 1. The van der Waals surface area contributed by atoms with Gasteiger partial charge in [0.15, 0.2) is 0 Å². The van der Waals surface area contributed by atoms with Crippen molar-refractivity contribution in [2.45, 2.75) is 44.2 Å². The van der Waals surface area contributed by atoms with Crippen molar-refractivity contribution in [3.05, 3.63) is 28.8 Å². The minimum absolute atomic E-state index is 0.0297. The Morgan fingerprint density at radius 3 is 2.71 bits per heavy atom. The maximum atomic E-state index is 12.1. The summed E-state index contributed by atoms with van der Waals surface area (Å²) in [7, 11) is 0. The molecule has 2 saturated heterocycles. The molecule has 1 aromatic rings. The second kappa shape index (κ2) is 6.05. The molecule has 2 unspecified atom stereocenters. The van der Waals surface area contributed by atoms with Gasteiger partial charge >= 0.3 is 0 Å². The maximum Gasteiger partial charge on any atom is 0.224 e. The monoisotopic (exact) mass is 303 g/mol. The molecule has 2 fully saturated rings. The Morgan fingerprint density at radius 2 is 2.10 bits per heavy atom. The fourth-order valence-corrected chi connectivity index (χ4v) is 3.72. The molecule has 0 saturated carbocycles. The number of rotatable bonds is 3. The number of hydrogen-bond acceptors (Lipinski definition) is 3. The normalized spacial score (nSPS) is 27.1. The average Bonchev–Trinajstić information content (AvgIpc) is 2.78. The van der Waals surface area contributed by atoms with Crippen molar-refractivity contribution >= 4 is 23.2 Å². The molecule has 1 aromatic carbocycles. The number of nitrogens with zero attached hydrogens (tertiary/aromatic N) is 1. The lowest BCUT2D eigenvalue weighted by Crippen LogP contribution is -2.39. The minimum atomic E-state index is 0.0297. The summed E-state index contributed by atoms with van der Waals surface area (Å²) in [6.45, 7) is 0. The summed E-state index contributed by atoms with van der Waals surface area (Å²) in [6.07, 6.45) is 5.24. The molecule has 1 amide bonds. The van der Waals surface area contributed by atoms with Gasteiger partial charge in [-0.15, -0.1) is 0 Å². The summed E-state index contributed by atoms with van der Waals surface area (Å²) in [5, 5.41) is 15.7. The summed E-state index contributed by atoms with van der Waals surface area (Å²) < 4.78 is 0. The van der Waals surface area contributed by atoms with Crippen LogP contribution in [0, 0.1) is 17.2 Å². The number of benzene rings is 1. The van der Waals surface area contributed by atoms with Crippen molar-refractivity contribution in [2.24, 2.45) is 5.92 Å². The lowest BCUT2D eigenvalue weighted by Gasteiger charge is -2.28. The summed E-state index contributed by atoms with van der Waals surface area (Å²) in [5.74, 6) is 0.500. The molecule has 2 atom stereocenters. The number of carbonyl (C=O) groups is 1. The molecule has 3 rings (SSSR count). The molecule has 2 bridgehead atoms. The van der Waals surface area contributed by atoms with Gasteiger partial charge in [-0.1, -0.05) is 11.6 Å². The molecule has 0 radical (unpaired) electrons. The number of amides is 1. The number of anilines is 1. The first-order valence-corrected chi connectivity index (χ1v) is 7.77. The Morgan fingerprint density at radius 1 is 1.38 bits per heavy atom. The van der Waals surface area contributed by atoms with Crippen LogP contribution in [0.3, 0.4) is 0 Å². The van der Waals surface area contributed by atoms with E-state index in [4.69, 9.17) is 16.9 Å². The third-order valence-electron chi connectivity index (χ3n) is 4.42. The molecule has 0 aliphatic carbocycles. The van der Waals surface area contributed by atoms with Crippen LogP contribution in [0.15, 0.2) is 18.2 Å². The van der Waals surface area contributed by atoms with Crippen LogP contribution >= 0.6 is 11.6 Å². The molecule has 0 spiro atoms. The lowest BCUT2D eigenvalue weighted by molar-refractivity contribution is -0.117. The van der Waals surface area contributed by atoms with Crippen LogP contribution < -0.4 is 10.6 Å². The topological polar surface area (TPSA) is 64.9 Å². The molecular formula is C16H18ClN3O. The van der Waals surface area contributed by atoms with Crippen molar-refractivity contribution in [1.82, 2.24) is 5.32 Å². The van der Waals surface area contributed by atoms with Crippen LogP contribution in [0.1, 0.15) is 37.7 Å². The standard InChI is InChI=1S/C16H18ClN3O/c17-15-8-14(2-1-11(15)9-18)20-16(21)7-10-5-12-3-4-13(6-10)19-12/h1-2,8,10,12-13,19H,3-7H2,(H,20,21). The first-order chi connectivity index (χ1) is 10.1. The molecule has 110 valence electrons. The molecule has 2 aliphatic heterocycles. The van der Waals surface area contributed by atoms with Crippen molar-refractivity contribution in [3.63, 3.8) is 0 Å². The highest BCUT2D eigenvalue weighted by Crippen LogP contribution is 2.32. The number of hydrogen-bond donors (Lipinski definition) is 2. The quantitative estimate of drug-likeness (QED) is 0.902. The average molecular weight is 304 g/mol. The highest BCUT2D eigenvalue weighted by atomic mass is 35.5. The SMILES string of the molecule is N#Cc1ccc(NC(=O)CC2CC3CCC(C2)N3)cc1Cl. The van der Waals surface area contributed by atoms with E-state index < -0.39 is 0 Å². The zero-order valence-electron chi connectivity index (χ0n) is 11.7. The third kappa shape index (κ3) is 3.37. The summed E-state index contributed by atoms with van der Waals surface area (Å²) in [6, 6.07) is 8.19. The number of piperidine rings is 1. The Labute approximate surface area is 129 Å². The van der Waals surface area contributed by atoms with E-state index in [9.17, 15) is 4.79 Å². The van der Waals surface area contributed by atoms with E-state index in [1.807, 2.05) is 6.07 Å². The van der Waals surface area contributed by atoms with E-state index in [0.29, 0.717) is 40.7 Å². The fourth-order valence-electron chi connectivity index (χ4n) is 3.50.